The molecule has 5 unspecified atom stereocenters. The summed E-state index contributed by atoms with van der Waals surface area (Å²) in [5, 5.41) is 11.5. The number of nitrogens with zero attached hydrogens (tertiary/aromatic N) is 2. The fraction of sp³-hybridized carbons (Fsp3) is 0.788. The van der Waals surface area contributed by atoms with Crippen LogP contribution >= 0.6 is 11.9 Å². The highest BCUT2D eigenvalue weighted by molar-refractivity contribution is 7.97. The van der Waals surface area contributed by atoms with Crippen LogP contribution in [0, 0.1) is 17.3 Å². The quantitative estimate of drug-likeness (QED) is 0.129. The first-order valence-electron chi connectivity index (χ1n) is 16.9. The molecule has 4 N–H and O–H groups in total. The summed E-state index contributed by atoms with van der Waals surface area (Å²) in [5.74, 6) is -1.28. The average Bonchev–Trinajstić information content (AvgIpc) is 3.67. The molecule has 45 heavy (non-hydrogen) atoms. The molecule has 0 spiro atoms. The van der Waals surface area contributed by atoms with Crippen molar-refractivity contribution in [2.24, 2.45) is 17.3 Å². The molecule has 0 bridgehead atoms. The lowest BCUT2D eigenvalue weighted by Crippen LogP contribution is -2.61. The molecule has 254 valence electrons. The van der Waals surface area contributed by atoms with Crippen LogP contribution in [-0.2, 0) is 19.2 Å². The first kappa shape index (κ1) is 36.9. The number of likely N-dealkylation sites (tertiary alicyclic amines) is 1. The lowest BCUT2D eigenvalue weighted by atomic mass is 9.83. The van der Waals surface area contributed by atoms with E-state index in [0.717, 1.165) is 57.4 Å². The first-order chi connectivity index (χ1) is 21.4. The molecule has 12 heteroatoms. The van der Waals surface area contributed by atoms with E-state index in [9.17, 15) is 24.0 Å². The van der Waals surface area contributed by atoms with Crippen molar-refractivity contribution in [2.45, 2.75) is 117 Å². The summed E-state index contributed by atoms with van der Waals surface area (Å²) in [5.41, 5.74) is -0.187. The van der Waals surface area contributed by atoms with Crippen molar-refractivity contribution in [3.05, 3.63) is 12.7 Å². The summed E-state index contributed by atoms with van der Waals surface area (Å²) < 4.78 is 2.30. The first-order valence-corrected chi connectivity index (χ1v) is 17.8. The van der Waals surface area contributed by atoms with Crippen molar-refractivity contribution >= 4 is 41.5 Å². The topological polar surface area (TPSA) is 140 Å². The number of rotatable bonds is 14. The Morgan fingerprint density at radius 1 is 0.978 bits per heavy atom. The summed E-state index contributed by atoms with van der Waals surface area (Å²) in [4.78, 5) is 68.5. The number of urea groups is 1. The monoisotopic (exact) mass is 648 g/mol. The van der Waals surface area contributed by atoms with Gasteiger partial charge >= 0.3 is 6.03 Å². The van der Waals surface area contributed by atoms with Crippen molar-refractivity contribution < 1.29 is 24.0 Å². The third-order valence-corrected chi connectivity index (χ3v) is 10.5. The Bertz CT molecular complexity index is 1050. The zero-order valence-corrected chi connectivity index (χ0v) is 28.8. The van der Waals surface area contributed by atoms with Crippen LogP contribution in [-0.4, -0.2) is 94.8 Å². The third-order valence-electron chi connectivity index (χ3n) is 9.33. The van der Waals surface area contributed by atoms with E-state index in [4.69, 9.17) is 0 Å². The molecule has 3 rings (SSSR count). The number of amides is 5. The van der Waals surface area contributed by atoms with Crippen molar-refractivity contribution in [1.82, 2.24) is 30.5 Å². The van der Waals surface area contributed by atoms with Gasteiger partial charge in [0.05, 0.1) is 6.04 Å². The van der Waals surface area contributed by atoms with E-state index in [1.54, 1.807) is 16.8 Å². The Morgan fingerprint density at radius 3 is 2.29 bits per heavy atom. The van der Waals surface area contributed by atoms with Gasteiger partial charge in [0.2, 0.25) is 17.6 Å². The maximum atomic E-state index is 14.3. The van der Waals surface area contributed by atoms with Gasteiger partial charge in [-0.25, -0.2) is 9.10 Å². The van der Waals surface area contributed by atoms with Gasteiger partial charge in [-0.3, -0.25) is 19.2 Å². The molecular formula is C33H56N6O5S. The third kappa shape index (κ3) is 10.5. The van der Waals surface area contributed by atoms with Crippen molar-refractivity contribution in [1.29, 1.82) is 0 Å². The normalized spacial score (nSPS) is 23.1. The highest BCUT2D eigenvalue weighted by Gasteiger charge is 2.45. The zero-order valence-electron chi connectivity index (χ0n) is 28.0. The van der Waals surface area contributed by atoms with Crippen molar-refractivity contribution in [3.8, 4) is 0 Å². The maximum absolute atomic E-state index is 14.3. The molecule has 2 heterocycles. The maximum Gasteiger partial charge on any atom is 0.315 e. The Morgan fingerprint density at radius 2 is 1.69 bits per heavy atom. The van der Waals surface area contributed by atoms with E-state index < -0.39 is 35.7 Å². The molecule has 0 aromatic rings. The SMILES string of the molecule is C=CCNC(=O)C(=O)C(CCC)NC(=O)C1C(C)CCN1C(=O)C(NC(=O)NC(CN1CCCS1)C(C)(C)C)C1CCCCC1. The van der Waals surface area contributed by atoms with Crippen LogP contribution in [0.4, 0.5) is 4.79 Å². The van der Waals surface area contributed by atoms with Gasteiger partial charge < -0.3 is 26.2 Å². The molecule has 2 aliphatic heterocycles. The van der Waals surface area contributed by atoms with Crippen LogP contribution in [0.15, 0.2) is 12.7 Å². The minimum Gasteiger partial charge on any atom is -0.346 e. The van der Waals surface area contributed by atoms with Crippen LogP contribution in [0.25, 0.3) is 0 Å². The molecule has 5 atom stereocenters. The molecule has 5 amide bonds. The number of carbonyl (C=O) groups is 5. The van der Waals surface area contributed by atoms with Gasteiger partial charge in [0, 0.05) is 38.0 Å². The summed E-state index contributed by atoms with van der Waals surface area (Å²) in [6.45, 7) is 15.9. The predicted molar refractivity (Wildman–Crippen MR) is 178 cm³/mol. The summed E-state index contributed by atoms with van der Waals surface area (Å²) in [6, 6.07) is -3.03. The van der Waals surface area contributed by atoms with E-state index in [1.807, 2.05) is 13.8 Å². The van der Waals surface area contributed by atoms with Crippen molar-refractivity contribution in [3.63, 3.8) is 0 Å². The van der Waals surface area contributed by atoms with Crippen LogP contribution in [0.3, 0.4) is 0 Å². The molecule has 2 saturated heterocycles. The lowest BCUT2D eigenvalue weighted by Gasteiger charge is -2.37. The standard InChI is InChI=1S/C33H56N6O5S/c1-7-13-24(28(40)30(42)34-17-8-2)35-29(41)27-22(3)16-19-39(27)31(43)26(23-14-10-9-11-15-23)37-32(44)36-25(33(4,5)6)21-38-18-12-20-45-38/h8,22-27H,2,7,9-21H2,1,3-6H3,(H,34,42)(H,35,41)(H2,36,37,44). The van der Waals surface area contributed by atoms with Gasteiger partial charge in [-0.05, 0) is 49.4 Å². The van der Waals surface area contributed by atoms with Gasteiger partial charge in [-0.15, -0.1) is 6.58 Å². The van der Waals surface area contributed by atoms with E-state index in [2.05, 4.69) is 52.9 Å². The summed E-state index contributed by atoms with van der Waals surface area (Å²) >= 11 is 1.80. The van der Waals surface area contributed by atoms with Gasteiger partial charge in [-0.2, -0.15) is 0 Å². The van der Waals surface area contributed by atoms with E-state index in [0.29, 0.717) is 25.8 Å². The van der Waals surface area contributed by atoms with Gasteiger partial charge in [0.1, 0.15) is 12.1 Å². The lowest BCUT2D eigenvalue weighted by molar-refractivity contribution is -0.144. The van der Waals surface area contributed by atoms with Gasteiger partial charge in [0.25, 0.3) is 5.91 Å². The Balaban J connectivity index is 1.77. The smallest absolute Gasteiger partial charge is 0.315 e. The fourth-order valence-corrected chi connectivity index (χ4v) is 7.60. The molecule has 3 aliphatic rings. The minimum atomic E-state index is -0.988. The molecule has 3 fully saturated rings. The van der Waals surface area contributed by atoms with Crippen LogP contribution < -0.4 is 21.3 Å². The van der Waals surface area contributed by atoms with Gasteiger partial charge in [0.15, 0.2) is 0 Å². The molecule has 1 aliphatic carbocycles. The Kier molecular flexibility index (Phi) is 14.2. The van der Waals surface area contributed by atoms with E-state index in [-0.39, 0.29) is 41.8 Å². The second-order valence-electron chi connectivity index (χ2n) is 13.9. The van der Waals surface area contributed by atoms with E-state index >= 15 is 0 Å². The van der Waals surface area contributed by atoms with Gasteiger partial charge in [-0.1, -0.05) is 78.3 Å². The summed E-state index contributed by atoms with van der Waals surface area (Å²) in [6.07, 6.45) is 8.87. The Hall–Kier alpha value is -2.60. The highest BCUT2D eigenvalue weighted by Crippen LogP contribution is 2.31. The van der Waals surface area contributed by atoms with Crippen molar-refractivity contribution in [2.75, 3.05) is 31.9 Å². The molecule has 0 aromatic carbocycles. The minimum absolute atomic E-state index is 0.0261. The summed E-state index contributed by atoms with van der Waals surface area (Å²) in [7, 11) is 0. The second kappa shape index (κ2) is 17.4. The van der Waals surface area contributed by atoms with Crippen LogP contribution in [0.5, 0.6) is 0 Å². The zero-order chi connectivity index (χ0) is 33.1. The molecule has 11 nitrogen and oxygen atoms in total. The van der Waals surface area contributed by atoms with Crippen LogP contribution in [0.2, 0.25) is 0 Å². The number of hydrogen-bond donors (Lipinski definition) is 4. The number of ketones is 1. The fourth-order valence-electron chi connectivity index (χ4n) is 6.57. The van der Waals surface area contributed by atoms with Crippen LogP contribution in [0.1, 0.15) is 92.4 Å². The highest BCUT2D eigenvalue weighted by atomic mass is 32.2. The largest absolute Gasteiger partial charge is 0.346 e. The van der Waals surface area contributed by atoms with E-state index in [1.165, 1.54) is 6.08 Å². The molecule has 0 radical (unpaired) electrons. The second-order valence-corrected chi connectivity index (χ2v) is 15.1. The number of hydrogen-bond acceptors (Lipinski definition) is 7. The molecule has 0 aromatic heterocycles. The predicted octanol–water partition coefficient (Wildman–Crippen LogP) is 3.40. The number of carbonyl (C=O) groups excluding carboxylic acids is 5. The number of Topliss-reactive ketones (excluding diaryl/α,β-unsaturated/α-hetero) is 1. The molecule has 1 saturated carbocycles. The Labute approximate surface area is 273 Å². The average molecular weight is 649 g/mol. The molecular weight excluding hydrogens is 592 g/mol. The number of nitrogens with one attached hydrogen (secondary N) is 4.